The SMILES string of the molecule is O=C(Cn1nc(Cl)ccc1=O)Nc1ccc(SCC2CCCN3CCCCC23)nc1. The van der Waals surface area contributed by atoms with Crippen LogP contribution in [0.25, 0.3) is 0 Å². The number of anilines is 1. The van der Waals surface area contributed by atoms with Crippen LogP contribution in [0, 0.1) is 5.92 Å². The van der Waals surface area contributed by atoms with Crippen LogP contribution in [0.4, 0.5) is 5.69 Å². The average Bonchev–Trinajstić information content (AvgIpc) is 2.76. The molecule has 0 saturated carbocycles. The third-order valence-corrected chi connectivity index (χ3v) is 7.16. The maximum atomic E-state index is 12.2. The molecule has 4 heterocycles. The number of fused-ring (bicyclic) bond motifs is 1. The van der Waals surface area contributed by atoms with Crippen molar-refractivity contribution < 1.29 is 4.79 Å². The minimum atomic E-state index is -0.376. The molecule has 0 radical (unpaired) electrons. The van der Waals surface area contributed by atoms with Crippen LogP contribution in [0.5, 0.6) is 0 Å². The molecule has 1 amide bonds. The lowest BCUT2D eigenvalue weighted by Crippen LogP contribution is -2.48. The van der Waals surface area contributed by atoms with Crippen molar-refractivity contribution in [2.45, 2.75) is 49.7 Å². The van der Waals surface area contributed by atoms with Gasteiger partial charge in [0.05, 0.1) is 16.9 Å². The van der Waals surface area contributed by atoms with Gasteiger partial charge in [-0.15, -0.1) is 11.8 Å². The van der Waals surface area contributed by atoms with E-state index in [0.29, 0.717) is 5.69 Å². The number of carbonyl (C=O) groups excluding carboxylic acids is 1. The van der Waals surface area contributed by atoms with Gasteiger partial charge in [0.15, 0.2) is 0 Å². The molecule has 2 saturated heterocycles. The Bertz CT molecular complexity index is 934. The van der Waals surface area contributed by atoms with E-state index in [1.54, 1.807) is 18.0 Å². The van der Waals surface area contributed by atoms with Crippen LogP contribution in [0.3, 0.4) is 0 Å². The number of pyridine rings is 1. The lowest BCUT2D eigenvalue weighted by atomic mass is 9.85. The third kappa shape index (κ3) is 5.42. The van der Waals surface area contributed by atoms with Gasteiger partial charge in [0.25, 0.3) is 5.56 Å². The Kier molecular flexibility index (Phi) is 7.07. The average molecular weight is 448 g/mol. The molecule has 30 heavy (non-hydrogen) atoms. The molecule has 0 aliphatic carbocycles. The van der Waals surface area contributed by atoms with Crippen LogP contribution in [-0.4, -0.2) is 50.5 Å². The maximum Gasteiger partial charge on any atom is 0.267 e. The summed E-state index contributed by atoms with van der Waals surface area (Å²) >= 11 is 7.58. The molecule has 2 aromatic rings. The quantitative estimate of drug-likeness (QED) is 0.684. The highest BCUT2D eigenvalue weighted by Gasteiger charge is 2.32. The molecule has 2 aliphatic rings. The van der Waals surface area contributed by atoms with Crippen LogP contribution in [0.2, 0.25) is 5.15 Å². The van der Waals surface area contributed by atoms with E-state index >= 15 is 0 Å². The van der Waals surface area contributed by atoms with E-state index in [1.807, 2.05) is 12.1 Å². The van der Waals surface area contributed by atoms with E-state index in [-0.39, 0.29) is 23.2 Å². The predicted octanol–water partition coefficient (Wildman–Crippen LogP) is 3.29. The van der Waals surface area contributed by atoms with Crippen molar-refractivity contribution in [2.75, 3.05) is 24.2 Å². The summed E-state index contributed by atoms with van der Waals surface area (Å²) in [7, 11) is 0. The Hall–Kier alpha value is -1.90. The molecule has 1 N–H and O–H groups in total. The summed E-state index contributed by atoms with van der Waals surface area (Å²) in [6, 6.07) is 7.20. The number of nitrogens with zero attached hydrogens (tertiary/aromatic N) is 4. The fourth-order valence-electron chi connectivity index (χ4n) is 4.38. The lowest BCUT2D eigenvalue weighted by Gasteiger charge is -2.44. The highest BCUT2D eigenvalue weighted by molar-refractivity contribution is 7.99. The standard InChI is InChI=1S/C21H26ClN5O2S/c22-18-7-9-21(29)27(25-18)13-19(28)24-16-6-8-20(23-12-16)30-14-15-4-3-11-26-10-2-1-5-17(15)26/h6-9,12,15,17H,1-5,10-11,13-14H2,(H,24,28). The molecule has 160 valence electrons. The second-order valence-corrected chi connectivity index (χ2v) is 9.33. The minimum absolute atomic E-state index is 0.166. The molecule has 0 bridgehead atoms. The van der Waals surface area contributed by atoms with Gasteiger partial charge in [-0.05, 0) is 62.9 Å². The Morgan fingerprint density at radius 3 is 2.87 bits per heavy atom. The van der Waals surface area contributed by atoms with Crippen molar-refractivity contribution >= 4 is 35.0 Å². The van der Waals surface area contributed by atoms with E-state index in [9.17, 15) is 9.59 Å². The molecule has 2 fully saturated rings. The van der Waals surface area contributed by atoms with Crippen LogP contribution in [-0.2, 0) is 11.3 Å². The molecule has 0 aromatic carbocycles. The summed E-state index contributed by atoms with van der Waals surface area (Å²) in [6.45, 7) is 2.32. The number of amides is 1. The summed E-state index contributed by atoms with van der Waals surface area (Å²) in [4.78, 5) is 31.1. The molecular weight excluding hydrogens is 422 g/mol. The number of piperidine rings is 2. The third-order valence-electron chi connectivity index (χ3n) is 5.82. The Labute approximate surface area is 185 Å². The van der Waals surface area contributed by atoms with Crippen molar-refractivity contribution in [1.82, 2.24) is 19.7 Å². The van der Waals surface area contributed by atoms with E-state index in [2.05, 4.69) is 20.3 Å². The fraction of sp³-hybridized carbons (Fsp3) is 0.524. The predicted molar refractivity (Wildman–Crippen MR) is 119 cm³/mol. The van der Waals surface area contributed by atoms with E-state index < -0.39 is 0 Å². The zero-order valence-corrected chi connectivity index (χ0v) is 18.4. The molecular formula is C21H26ClN5O2S. The largest absolute Gasteiger partial charge is 0.323 e. The van der Waals surface area contributed by atoms with Gasteiger partial charge in [-0.25, -0.2) is 9.67 Å². The van der Waals surface area contributed by atoms with E-state index in [0.717, 1.165) is 27.4 Å². The van der Waals surface area contributed by atoms with Crippen molar-refractivity contribution in [3.8, 4) is 0 Å². The van der Waals surface area contributed by atoms with Gasteiger partial charge in [0.1, 0.15) is 11.7 Å². The second kappa shape index (κ2) is 9.94. The van der Waals surface area contributed by atoms with Gasteiger partial charge in [-0.3, -0.25) is 9.59 Å². The van der Waals surface area contributed by atoms with Crippen molar-refractivity contribution in [1.29, 1.82) is 0 Å². The number of hydrogen-bond acceptors (Lipinski definition) is 6. The van der Waals surface area contributed by atoms with E-state index in [4.69, 9.17) is 11.6 Å². The van der Waals surface area contributed by atoms with Gasteiger partial charge < -0.3 is 10.2 Å². The first kappa shape index (κ1) is 21.3. The summed E-state index contributed by atoms with van der Waals surface area (Å²) in [5.74, 6) is 1.46. The number of carbonyl (C=O) groups is 1. The maximum absolute atomic E-state index is 12.2. The molecule has 2 aliphatic heterocycles. The topological polar surface area (TPSA) is 80.1 Å². The number of nitrogens with one attached hydrogen (secondary N) is 1. The minimum Gasteiger partial charge on any atom is -0.323 e. The first-order chi connectivity index (χ1) is 14.6. The molecule has 2 aromatic heterocycles. The summed E-state index contributed by atoms with van der Waals surface area (Å²) in [5, 5.41) is 7.73. The van der Waals surface area contributed by atoms with Crippen LogP contribution < -0.4 is 10.9 Å². The molecule has 2 unspecified atom stereocenters. The summed E-state index contributed by atoms with van der Waals surface area (Å²) < 4.78 is 1.04. The smallest absolute Gasteiger partial charge is 0.267 e. The Morgan fingerprint density at radius 1 is 1.17 bits per heavy atom. The fourth-order valence-corrected chi connectivity index (χ4v) is 5.60. The van der Waals surface area contributed by atoms with Gasteiger partial charge >= 0.3 is 0 Å². The summed E-state index contributed by atoms with van der Waals surface area (Å²) in [5.41, 5.74) is 0.217. The highest BCUT2D eigenvalue weighted by atomic mass is 35.5. The van der Waals surface area contributed by atoms with Gasteiger partial charge in [0.2, 0.25) is 5.91 Å². The zero-order chi connectivity index (χ0) is 20.9. The number of halogens is 1. The first-order valence-electron chi connectivity index (χ1n) is 10.4. The molecule has 4 rings (SSSR count). The number of thioether (sulfide) groups is 1. The summed E-state index contributed by atoms with van der Waals surface area (Å²) in [6.07, 6.45) is 8.28. The van der Waals surface area contributed by atoms with Crippen LogP contribution in [0.15, 0.2) is 40.3 Å². The molecule has 2 atom stereocenters. The van der Waals surface area contributed by atoms with Crippen molar-refractivity contribution in [3.05, 3.63) is 46.0 Å². The Morgan fingerprint density at radius 2 is 2.03 bits per heavy atom. The molecule has 9 heteroatoms. The second-order valence-electron chi connectivity index (χ2n) is 7.90. The van der Waals surface area contributed by atoms with Gasteiger partial charge in [0, 0.05) is 17.9 Å². The Balaban J connectivity index is 1.29. The monoisotopic (exact) mass is 447 g/mol. The van der Waals surface area contributed by atoms with Gasteiger partial charge in [-0.1, -0.05) is 18.0 Å². The van der Waals surface area contributed by atoms with Gasteiger partial charge in [-0.2, -0.15) is 5.10 Å². The normalized spacial score (nSPS) is 21.8. The number of hydrogen-bond donors (Lipinski definition) is 1. The van der Waals surface area contributed by atoms with Crippen LogP contribution in [0.1, 0.15) is 32.1 Å². The number of aromatic nitrogens is 3. The van der Waals surface area contributed by atoms with E-state index in [1.165, 1.54) is 57.3 Å². The number of rotatable bonds is 6. The molecule has 0 spiro atoms. The van der Waals surface area contributed by atoms with Crippen molar-refractivity contribution in [3.63, 3.8) is 0 Å². The van der Waals surface area contributed by atoms with Crippen LogP contribution >= 0.6 is 23.4 Å². The lowest BCUT2D eigenvalue weighted by molar-refractivity contribution is -0.117. The molecule has 7 nitrogen and oxygen atoms in total. The highest BCUT2D eigenvalue weighted by Crippen LogP contribution is 2.34. The first-order valence-corrected chi connectivity index (χ1v) is 11.8. The zero-order valence-electron chi connectivity index (χ0n) is 16.8. The van der Waals surface area contributed by atoms with Crippen molar-refractivity contribution in [2.24, 2.45) is 5.92 Å².